The Hall–Kier alpha value is -2.93. The first kappa shape index (κ1) is 21.8. The van der Waals surface area contributed by atoms with Gasteiger partial charge in [-0.15, -0.1) is 0 Å². The van der Waals surface area contributed by atoms with Crippen LogP contribution in [0, 0.1) is 13.8 Å². The van der Waals surface area contributed by atoms with Gasteiger partial charge in [0.05, 0.1) is 25.4 Å². The van der Waals surface area contributed by atoms with E-state index in [1.807, 2.05) is 32.0 Å². The number of rotatable bonds is 7. The molecule has 1 aromatic heterocycles. The van der Waals surface area contributed by atoms with Gasteiger partial charge in [-0.2, -0.15) is 5.10 Å². The van der Waals surface area contributed by atoms with Crippen LogP contribution in [0.2, 0.25) is 0 Å². The van der Waals surface area contributed by atoms with E-state index >= 15 is 0 Å². The number of carbonyl (C=O) groups is 2. The Kier molecular flexibility index (Phi) is 7.41. The number of ether oxygens (including phenoxy) is 1. The highest BCUT2D eigenvalue weighted by Crippen LogP contribution is 2.20. The van der Waals surface area contributed by atoms with E-state index in [1.165, 1.54) is 26.4 Å². The highest BCUT2D eigenvalue weighted by Gasteiger charge is 2.14. The molecule has 1 amide bonds. The van der Waals surface area contributed by atoms with Crippen LogP contribution in [0.4, 0.5) is 0 Å². The Morgan fingerprint density at radius 2 is 1.87 bits per heavy atom. The normalized spacial score (nSPS) is 14.8. The Morgan fingerprint density at radius 3 is 2.53 bits per heavy atom. The number of nitrogens with zero attached hydrogens (tertiary/aromatic N) is 2. The summed E-state index contributed by atoms with van der Waals surface area (Å²) in [6.07, 6.45) is 7.71. The molecule has 3 rings (SSSR count). The molecule has 1 aliphatic carbocycles. The van der Waals surface area contributed by atoms with Crippen molar-refractivity contribution in [1.82, 2.24) is 15.3 Å². The fourth-order valence-electron chi connectivity index (χ4n) is 3.94. The lowest BCUT2D eigenvalue weighted by molar-refractivity contribution is -0.120. The molecule has 0 unspecified atom stereocenters. The van der Waals surface area contributed by atoms with E-state index < -0.39 is 0 Å². The maximum absolute atomic E-state index is 12.0. The van der Waals surface area contributed by atoms with E-state index in [1.54, 1.807) is 18.3 Å². The lowest BCUT2D eigenvalue weighted by Gasteiger charge is -2.22. The number of carbonyl (C=O) groups excluding carboxylic acids is 2. The first-order valence-electron chi connectivity index (χ1n) is 10.4. The molecule has 0 spiro atoms. The minimum Gasteiger partial charge on any atom is -0.465 e. The third kappa shape index (κ3) is 5.36. The van der Waals surface area contributed by atoms with E-state index in [4.69, 9.17) is 4.74 Å². The number of aryl methyl sites for hydroxylation is 1. The van der Waals surface area contributed by atoms with Crippen molar-refractivity contribution in [2.45, 2.75) is 52.0 Å². The van der Waals surface area contributed by atoms with E-state index in [9.17, 15) is 9.59 Å². The summed E-state index contributed by atoms with van der Waals surface area (Å²) in [5.41, 5.74) is 7.00. The van der Waals surface area contributed by atoms with Crippen LogP contribution in [0.15, 0.2) is 35.4 Å². The van der Waals surface area contributed by atoms with Crippen molar-refractivity contribution >= 4 is 18.1 Å². The van der Waals surface area contributed by atoms with Crippen molar-refractivity contribution in [3.63, 3.8) is 0 Å². The average Bonchev–Trinajstić information content (AvgIpc) is 3.05. The van der Waals surface area contributed by atoms with Crippen molar-refractivity contribution in [3.8, 4) is 5.69 Å². The summed E-state index contributed by atoms with van der Waals surface area (Å²) in [6.45, 7) is 4.29. The molecule has 1 aliphatic rings. The molecule has 0 bridgehead atoms. The molecule has 0 saturated heterocycles. The van der Waals surface area contributed by atoms with Gasteiger partial charge in [0.1, 0.15) is 0 Å². The molecule has 1 saturated carbocycles. The van der Waals surface area contributed by atoms with Crippen LogP contribution in [0.3, 0.4) is 0 Å². The Bertz CT molecular complexity index is 909. The molecular weight excluding hydrogens is 380 g/mol. The van der Waals surface area contributed by atoms with E-state index in [0.29, 0.717) is 11.6 Å². The zero-order valence-corrected chi connectivity index (χ0v) is 17.9. The van der Waals surface area contributed by atoms with Gasteiger partial charge >= 0.3 is 5.97 Å². The number of hydrogen-bond acceptors (Lipinski definition) is 5. The maximum atomic E-state index is 12.0. The van der Waals surface area contributed by atoms with E-state index in [-0.39, 0.29) is 18.4 Å². The first-order valence-corrected chi connectivity index (χ1v) is 10.4. The monoisotopic (exact) mass is 410 g/mol. The van der Waals surface area contributed by atoms with Crippen LogP contribution in [0.5, 0.6) is 0 Å². The van der Waals surface area contributed by atoms with Gasteiger partial charge in [0.2, 0.25) is 0 Å². The van der Waals surface area contributed by atoms with Crippen molar-refractivity contribution in [3.05, 3.63) is 52.8 Å². The standard InChI is InChI=1S/C23H30N4O3/c1-16-13-19(14-25-26-22(28)15-24-20-7-5-4-6-8-20)17(2)27(16)21-11-9-18(10-12-21)23(29)30-3/h9-14,20,24H,4-8,15H2,1-3H3,(H,26,28)/b25-14-. The molecule has 1 aromatic carbocycles. The van der Waals surface area contributed by atoms with Gasteiger partial charge in [0.25, 0.3) is 5.91 Å². The SMILES string of the molecule is COC(=O)c1ccc(-n2c(C)cc(/C=N\NC(=O)CNC3CCCCC3)c2C)cc1. The Morgan fingerprint density at radius 1 is 1.17 bits per heavy atom. The van der Waals surface area contributed by atoms with Gasteiger partial charge < -0.3 is 14.6 Å². The molecule has 0 radical (unpaired) electrons. The fraction of sp³-hybridized carbons (Fsp3) is 0.435. The molecule has 0 aliphatic heterocycles. The van der Waals surface area contributed by atoms with Gasteiger partial charge in [0.15, 0.2) is 0 Å². The quantitative estimate of drug-likeness (QED) is 0.417. The highest BCUT2D eigenvalue weighted by atomic mass is 16.5. The van der Waals surface area contributed by atoms with Gasteiger partial charge in [0, 0.05) is 28.7 Å². The summed E-state index contributed by atoms with van der Waals surface area (Å²) in [4.78, 5) is 23.7. The number of amides is 1. The zero-order chi connectivity index (χ0) is 21.5. The van der Waals surface area contributed by atoms with Crippen LogP contribution in [-0.4, -0.2) is 42.4 Å². The third-order valence-electron chi connectivity index (χ3n) is 5.57. The topological polar surface area (TPSA) is 84.7 Å². The number of esters is 1. The second-order valence-electron chi connectivity index (χ2n) is 7.71. The number of hydrazone groups is 1. The van der Waals surface area contributed by atoms with Gasteiger partial charge in [-0.25, -0.2) is 10.2 Å². The van der Waals surface area contributed by atoms with Crippen molar-refractivity contribution < 1.29 is 14.3 Å². The smallest absolute Gasteiger partial charge is 0.337 e. The van der Waals surface area contributed by atoms with Crippen LogP contribution >= 0.6 is 0 Å². The zero-order valence-electron chi connectivity index (χ0n) is 17.9. The molecule has 7 heteroatoms. The van der Waals surface area contributed by atoms with Crippen molar-refractivity contribution in [2.24, 2.45) is 5.10 Å². The third-order valence-corrected chi connectivity index (χ3v) is 5.57. The molecule has 30 heavy (non-hydrogen) atoms. The lowest BCUT2D eigenvalue weighted by Crippen LogP contribution is -2.38. The summed E-state index contributed by atoms with van der Waals surface area (Å²) in [5, 5.41) is 7.43. The number of nitrogens with one attached hydrogen (secondary N) is 2. The predicted molar refractivity (Wildman–Crippen MR) is 117 cm³/mol. The molecule has 1 heterocycles. The van der Waals surface area contributed by atoms with Crippen LogP contribution in [0.1, 0.15) is 59.4 Å². The molecule has 2 aromatic rings. The van der Waals surface area contributed by atoms with Crippen LogP contribution in [0.25, 0.3) is 5.69 Å². The molecule has 160 valence electrons. The number of methoxy groups -OCH3 is 1. The Balaban J connectivity index is 1.60. The van der Waals surface area contributed by atoms with Crippen LogP contribution < -0.4 is 10.7 Å². The molecule has 0 atom stereocenters. The van der Waals surface area contributed by atoms with Gasteiger partial charge in [-0.1, -0.05) is 19.3 Å². The van der Waals surface area contributed by atoms with Gasteiger partial charge in [-0.3, -0.25) is 4.79 Å². The average molecular weight is 411 g/mol. The van der Waals surface area contributed by atoms with Crippen LogP contribution in [-0.2, 0) is 9.53 Å². The minimum atomic E-state index is -0.357. The molecule has 2 N–H and O–H groups in total. The predicted octanol–water partition coefficient (Wildman–Crippen LogP) is 3.25. The number of aromatic nitrogens is 1. The molecule has 1 fully saturated rings. The minimum absolute atomic E-state index is 0.135. The summed E-state index contributed by atoms with van der Waals surface area (Å²) < 4.78 is 6.82. The maximum Gasteiger partial charge on any atom is 0.337 e. The number of hydrogen-bond donors (Lipinski definition) is 2. The van der Waals surface area contributed by atoms with E-state index in [0.717, 1.165) is 35.5 Å². The lowest BCUT2D eigenvalue weighted by atomic mass is 9.95. The summed E-state index contributed by atoms with van der Waals surface area (Å²) in [5.74, 6) is -0.493. The number of benzene rings is 1. The fourth-order valence-corrected chi connectivity index (χ4v) is 3.94. The van der Waals surface area contributed by atoms with Gasteiger partial charge in [-0.05, 0) is 57.0 Å². The Labute approximate surface area is 177 Å². The first-order chi connectivity index (χ1) is 14.5. The second kappa shape index (κ2) is 10.2. The van der Waals surface area contributed by atoms with Crippen molar-refractivity contribution in [2.75, 3.05) is 13.7 Å². The molecule has 7 nitrogen and oxygen atoms in total. The summed E-state index contributed by atoms with van der Waals surface area (Å²) in [7, 11) is 1.37. The summed E-state index contributed by atoms with van der Waals surface area (Å²) in [6, 6.07) is 9.70. The highest BCUT2D eigenvalue weighted by molar-refractivity contribution is 5.89. The summed E-state index contributed by atoms with van der Waals surface area (Å²) >= 11 is 0. The van der Waals surface area contributed by atoms with E-state index in [2.05, 4.69) is 20.4 Å². The largest absolute Gasteiger partial charge is 0.465 e. The van der Waals surface area contributed by atoms with Crippen molar-refractivity contribution in [1.29, 1.82) is 0 Å². The second-order valence-corrected chi connectivity index (χ2v) is 7.71. The molecular formula is C23H30N4O3.